The minimum absolute atomic E-state index is 0.443. The van der Waals surface area contributed by atoms with Crippen LogP contribution >= 0.6 is 0 Å². The predicted molar refractivity (Wildman–Crippen MR) is 29.2 cm³/mol. The van der Waals surface area contributed by atoms with E-state index in [-0.39, 0.29) is 0 Å². The van der Waals surface area contributed by atoms with E-state index in [0.29, 0.717) is 0 Å². The van der Waals surface area contributed by atoms with Crippen LogP contribution in [0.25, 0.3) is 0 Å². The Bertz CT molecular complexity index is 157. The van der Waals surface area contributed by atoms with Crippen molar-refractivity contribution in [2.24, 2.45) is 0 Å². The van der Waals surface area contributed by atoms with E-state index in [0.717, 1.165) is 6.08 Å². The van der Waals surface area contributed by atoms with Crippen LogP contribution in [0.15, 0.2) is 24.1 Å². The molecule has 0 fully saturated rings. The van der Waals surface area contributed by atoms with Crippen molar-refractivity contribution in [3.63, 3.8) is 0 Å². The van der Waals surface area contributed by atoms with Crippen LogP contribution in [0.1, 0.15) is 0 Å². The van der Waals surface area contributed by atoms with E-state index in [2.05, 4.69) is 22.8 Å². The minimum Gasteiger partial charge on any atom is -0.465 e. The van der Waals surface area contributed by atoms with Crippen LogP contribution in [0.4, 0.5) is 0 Å². The Morgan fingerprint density at radius 2 is 2.50 bits per heavy atom. The molecule has 0 spiro atoms. The number of methoxy groups -OCH3 is 1. The molecule has 8 heavy (non-hydrogen) atoms. The fraction of sp³-hybridized carbons (Fsp3) is 0.167. The van der Waals surface area contributed by atoms with Crippen molar-refractivity contribution >= 4 is 5.97 Å². The molecule has 0 atom stereocenters. The monoisotopic (exact) mass is 110 g/mol. The average Bonchev–Trinajstić information content (AvgIpc) is 1.83. The molecular formula is C6H6O2. The van der Waals surface area contributed by atoms with Gasteiger partial charge in [0.25, 0.3) is 0 Å². The standard InChI is InChI=1S/C6H6O2/c1-3-4-5-6(7)8-2/h5H,1H2,2H3. The first-order valence-corrected chi connectivity index (χ1v) is 2.00. The largest absolute Gasteiger partial charge is 0.465 e. The fourth-order valence-corrected chi connectivity index (χ4v) is 0.169. The molecule has 0 radical (unpaired) electrons. The van der Waals surface area contributed by atoms with E-state index in [9.17, 15) is 4.79 Å². The summed E-state index contributed by atoms with van der Waals surface area (Å²) >= 11 is 0. The molecule has 0 bridgehead atoms. The zero-order valence-electron chi connectivity index (χ0n) is 4.60. The van der Waals surface area contributed by atoms with Gasteiger partial charge in [0, 0.05) is 0 Å². The molecule has 0 amide bonds. The van der Waals surface area contributed by atoms with Gasteiger partial charge in [-0.2, -0.15) is 0 Å². The maximum Gasteiger partial charge on any atom is 0.338 e. The highest BCUT2D eigenvalue weighted by Gasteiger charge is 1.84. The molecule has 0 N–H and O–H groups in total. The lowest BCUT2D eigenvalue weighted by Crippen LogP contribution is -1.91. The Labute approximate surface area is 47.8 Å². The summed E-state index contributed by atoms with van der Waals surface area (Å²) in [7, 11) is 1.30. The van der Waals surface area contributed by atoms with Gasteiger partial charge in [-0.3, -0.25) is 0 Å². The highest BCUT2D eigenvalue weighted by molar-refractivity contribution is 5.81. The van der Waals surface area contributed by atoms with E-state index in [1.165, 1.54) is 7.11 Å². The number of carbonyl (C=O) groups excluding carboxylic acids is 1. The van der Waals surface area contributed by atoms with Crippen LogP contribution in [0, 0.1) is 0 Å². The second-order valence-electron chi connectivity index (χ2n) is 0.989. The van der Waals surface area contributed by atoms with Gasteiger partial charge in [0.2, 0.25) is 0 Å². The minimum atomic E-state index is -0.443. The Morgan fingerprint density at radius 1 is 1.88 bits per heavy atom. The van der Waals surface area contributed by atoms with Crippen molar-refractivity contribution in [2.75, 3.05) is 7.11 Å². The number of rotatable bonds is 1. The molecule has 0 aromatic heterocycles. The predicted octanol–water partition coefficient (Wildman–Crippen LogP) is 0.656. The highest BCUT2D eigenvalue weighted by atomic mass is 16.5. The van der Waals surface area contributed by atoms with E-state index in [1.807, 2.05) is 0 Å². The molecule has 0 aliphatic heterocycles. The van der Waals surface area contributed by atoms with Crippen molar-refractivity contribution < 1.29 is 9.53 Å². The molecule has 0 saturated carbocycles. The lowest BCUT2D eigenvalue weighted by Gasteiger charge is -1.82. The van der Waals surface area contributed by atoms with Crippen molar-refractivity contribution in [2.45, 2.75) is 0 Å². The number of hydrogen-bond donors (Lipinski definition) is 0. The van der Waals surface area contributed by atoms with Gasteiger partial charge < -0.3 is 4.74 Å². The maximum atomic E-state index is 10.2. The first-order valence-electron chi connectivity index (χ1n) is 2.00. The molecule has 0 heterocycles. The van der Waals surface area contributed by atoms with Gasteiger partial charge in [0.05, 0.1) is 13.2 Å². The zero-order valence-corrected chi connectivity index (χ0v) is 4.60. The van der Waals surface area contributed by atoms with Gasteiger partial charge in [-0.15, -0.1) is 0 Å². The third-order valence-corrected chi connectivity index (χ3v) is 0.493. The van der Waals surface area contributed by atoms with Gasteiger partial charge in [-0.25, -0.2) is 4.79 Å². The number of ether oxygens (including phenoxy) is 1. The van der Waals surface area contributed by atoms with Crippen LogP contribution in [0.5, 0.6) is 0 Å². The normalized spacial score (nSPS) is 6.12. The molecule has 0 aliphatic rings. The van der Waals surface area contributed by atoms with Gasteiger partial charge in [0.15, 0.2) is 0 Å². The van der Waals surface area contributed by atoms with Gasteiger partial charge in [0.1, 0.15) is 0 Å². The molecule has 2 nitrogen and oxygen atoms in total. The molecule has 0 aromatic rings. The topological polar surface area (TPSA) is 26.3 Å². The summed E-state index contributed by atoms with van der Waals surface area (Å²) in [4.78, 5) is 10.2. The fourth-order valence-electron chi connectivity index (χ4n) is 0.169. The summed E-state index contributed by atoms with van der Waals surface area (Å²) in [6.45, 7) is 3.19. The first-order chi connectivity index (χ1) is 3.81. The Hall–Kier alpha value is -1.23. The van der Waals surface area contributed by atoms with Crippen LogP contribution in [-0.4, -0.2) is 13.1 Å². The SMILES string of the molecule is C=C=C=CC(=O)OC. The molecule has 2 heteroatoms. The van der Waals surface area contributed by atoms with Crippen molar-refractivity contribution in [3.8, 4) is 0 Å². The third kappa shape index (κ3) is 2.98. The zero-order chi connectivity index (χ0) is 6.41. The van der Waals surface area contributed by atoms with Gasteiger partial charge in [-0.1, -0.05) is 11.5 Å². The maximum absolute atomic E-state index is 10.2. The number of hydrogen-bond acceptors (Lipinski definition) is 2. The van der Waals surface area contributed by atoms with Crippen LogP contribution in [-0.2, 0) is 9.53 Å². The van der Waals surface area contributed by atoms with E-state index in [1.54, 1.807) is 0 Å². The number of carbonyl (C=O) groups is 1. The third-order valence-electron chi connectivity index (χ3n) is 0.493. The number of esters is 1. The lowest BCUT2D eigenvalue weighted by atomic mass is 10.6. The smallest absolute Gasteiger partial charge is 0.338 e. The summed E-state index contributed by atoms with van der Waals surface area (Å²) in [5, 5.41) is 0. The van der Waals surface area contributed by atoms with Crippen molar-refractivity contribution in [3.05, 3.63) is 24.1 Å². The summed E-state index contributed by atoms with van der Waals surface area (Å²) in [5.74, 6) is -0.443. The molecule has 0 aromatic carbocycles. The molecule has 0 unspecified atom stereocenters. The lowest BCUT2D eigenvalue weighted by molar-refractivity contribution is -0.134. The highest BCUT2D eigenvalue weighted by Crippen LogP contribution is 1.70. The summed E-state index contributed by atoms with van der Waals surface area (Å²) < 4.78 is 4.23. The van der Waals surface area contributed by atoms with Crippen molar-refractivity contribution in [1.82, 2.24) is 0 Å². The summed E-state index contributed by atoms with van der Waals surface area (Å²) in [6.07, 6.45) is 1.12. The van der Waals surface area contributed by atoms with Crippen LogP contribution in [0.2, 0.25) is 0 Å². The van der Waals surface area contributed by atoms with E-state index < -0.39 is 5.97 Å². The summed E-state index contributed by atoms with van der Waals surface area (Å²) in [5.41, 5.74) is 4.61. The Balaban J connectivity index is 3.90. The molecule has 0 saturated heterocycles. The van der Waals surface area contributed by atoms with Crippen LogP contribution in [0.3, 0.4) is 0 Å². The quantitative estimate of drug-likeness (QED) is 0.281. The van der Waals surface area contributed by atoms with E-state index in [4.69, 9.17) is 0 Å². The molecule has 42 valence electrons. The van der Waals surface area contributed by atoms with Crippen LogP contribution < -0.4 is 0 Å². The first kappa shape index (κ1) is 6.77. The average molecular weight is 110 g/mol. The van der Waals surface area contributed by atoms with Crippen molar-refractivity contribution in [1.29, 1.82) is 0 Å². The van der Waals surface area contributed by atoms with Gasteiger partial charge >= 0.3 is 5.97 Å². The Morgan fingerprint density at radius 3 is 2.88 bits per heavy atom. The second-order valence-corrected chi connectivity index (χ2v) is 0.989. The van der Waals surface area contributed by atoms with E-state index >= 15 is 0 Å². The molecule has 0 rings (SSSR count). The molecular weight excluding hydrogens is 104 g/mol. The second kappa shape index (κ2) is 3.94. The Kier molecular flexibility index (Phi) is 3.34. The summed E-state index contributed by atoms with van der Waals surface area (Å²) in [6, 6.07) is 0. The van der Waals surface area contributed by atoms with Gasteiger partial charge in [-0.05, 0) is 6.58 Å². The molecule has 0 aliphatic carbocycles.